The zero-order chi connectivity index (χ0) is 14.4. The Morgan fingerprint density at radius 3 is 2.80 bits per heavy atom. The van der Waals surface area contributed by atoms with Crippen molar-refractivity contribution in [1.82, 2.24) is 4.90 Å². The lowest BCUT2D eigenvalue weighted by Crippen LogP contribution is -2.49. The Hall–Kier alpha value is -0.610. The second-order valence-corrected chi connectivity index (χ2v) is 6.27. The largest absolute Gasteiger partial charge is 0.466 e. The van der Waals surface area contributed by atoms with Crippen LogP contribution in [0.5, 0.6) is 0 Å². The summed E-state index contributed by atoms with van der Waals surface area (Å²) >= 11 is 0. The molecule has 2 fully saturated rings. The van der Waals surface area contributed by atoms with Crippen LogP contribution in [0.4, 0.5) is 0 Å². The molecule has 0 amide bonds. The summed E-state index contributed by atoms with van der Waals surface area (Å²) in [4.78, 5) is 13.9. The van der Waals surface area contributed by atoms with Crippen molar-refractivity contribution in [3.05, 3.63) is 0 Å². The van der Waals surface area contributed by atoms with Crippen molar-refractivity contribution in [1.29, 1.82) is 0 Å². The molecule has 2 rings (SSSR count). The number of rotatable bonds is 5. The van der Waals surface area contributed by atoms with Crippen LogP contribution in [-0.4, -0.2) is 47.8 Å². The molecule has 116 valence electrons. The van der Waals surface area contributed by atoms with E-state index in [1.165, 1.54) is 19.3 Å². The second-order valence-electron chi connectivity index (χ2n) is 6.27. The molecule has 0 aromatic rings. The highest BCUT2D eigenvalue weighted by Crippen LogP contribution is 2.29. The summed E-state index contributed by atoms with van der Waals surface area (Å²) in [5.74, 6) is 0.518. The van der Waals surface area contributed by atoms with Gasteiger partial charge in [-0.2, -0.15) is 0 Å². The quantitative estimate of drug-likeness (QED) is 0.787. The number of hydrogen-bond donors (Lipinski definition) is 1. The fourth-order valence-electron chi connectivity index (χ4n) is 3.71. The molecule has 3 atom stereocenters. The van der Waals surface area contributed by atoms with Crippen molar-refractivity contribution in [2.45, 2.75) is 70.4 Å². The van der Waals surface area contributed by atoms with Crippen molar-refractivity contribution in [2.24, 2.45) is 5.92 Å². The maximum atomic E-state index is 11.4. The Labute approximate surface area is 122 Å². The molecule has 1 saturated carbocycles. The molecule has 1 saturated heterocycles. The SMILES string of the molecule is CCOC(=O)CCC1CCCN(C2CCCCC2O)C1. The van der Waals surface area contributed by atoms with Gasteiger partial charge in [0.25, 0.3) is 0 Å². The number of piperidine rings is 1. The first-order chi connectivity index (χ1) is 9.70. The molecule has 0 radical (unpaired) electrons. The van der Waals surface area contributed by atoms with Gasteiger partial charge < -0.3 is 9.84 Å². The van der Waals surface area contributed by atoms with Crippen molar-refractivity contribution in [3.8, 4) is 0 Å². The molecule has 4 heteroatoms. The molecule has 4 nitrogen and oxygen atoms in total. The molecule has 1 N–H and O–H groups in total. The first kappa shape index (κ1) is 15.8. The van der Waals surface area contributed by atoms with Gasteiger partial charge in [-0.15, -0.1) is 0 Å². The van der Waals surface area contributed by atoms with E-state index in [4.69, 9.17) is 4.74 Å². The van der Waals surface area contributed by atoms with Crippen molar-refractivity contribution < 1.29 is 14.6 Å². The van der Waals surface area contributed by atoms with E-state index in [-0.39, 0.29) is 12.1 Å². The van der Waals surface area contributed by atoms with Gasteiger partial charge in [0, 0.05) is 19.0 Å². The Balaban J connectivity index is 1.77. The number of likely N-dealkylation sites (tertiary alicyclic amines) is 1. The minimum Gasteiger partial charge on any atom is -0.466 e. The van der Waals surface area contributed by atoms with Gasteiger partial charge in [0.05, 0.1) is 12.7 Å². The number of aliphatic hydroxyl groups excluding tert-OH is 1. The maximum Gasteiger partial charge on any atom is 0.305 e. The zero-order valence-corrected chi connectivity index (χ0v) is 12.7. The van der Waals surface area contributed by atoms with Gasteiger partial charge in [0.1, 0.15) is 0 Å². The minimum absolute atomic E-state index is 0.0673. The standard InChI is InChI=1S/C16H29NO3/c1-2-20-16(19)10-9-13-6-5-11-17(12-13)14-7-3-4-8-15(14)18/h13-15,18H,2-12H2,1H3. The summed E-state index contributed by atoms with van der Waals surface area (Å²) in [6.45, 7) is 4.48. The predicted molar refractivity (Wildman–Crippen MR) is 78.4 cm³/mol. The van der Waals surface area contributed by atoms with E-state index in [2.05, 4.69) is 4.90 Å². The van der Waals surface area contributed by atoms with E-state index in [9.17, 15) is 9.90 Å². The number of nitrogens with zero attached hydrogens (tertiary/aromatic N) is 1. The highest BCUT2D eigenvalue weighted by molar-refractivity contribution is 5.69. The molecule has 0 bridgehead atoms. The van der Waals surface area contributed by atoms with Gasteiger partial charge in [-0.05, 0) is 51.5 Å². The molecule has 0 aromatic heterocycles. The molecule has 20 heavy (non-hydrogen) atoms. The summed E-state index contributed by atoms with van der Waals surface area (Å²) in [6.07, 6.45) is 8.21. The van der Waals surface area contributed by atoms with Crippen molar-refractivity contribution in [2.75, 3.05) is 19.7 Å². The molecular weight excluding hydrogens is 254 g/mol. The van der Waals surface area contributed by atoms with Crippen molar-refractivity contribution >= 4 is 5.97 Å². The normalized spacial score (nSPS) is 32.0. The molecule has 0 spiro atoms. The summed E-state index contributed by atoms with van der Waals surface area (Å²) in [6, 6.07) is 0.356. The molecule has 1 aliphatic heterocycles. The second kappa shape index (κ2) is 7.99. The Kier molecular flexibility index (Phi) is 6.30. The van der Waals surface area contributed by atoms with Crippen LogP contribution in [0.2, 0.25) is 0 Å². The highest BCUT2D eigenvalue weighted by atomic mass is 16.5. The van der Waals surface area contributed by atoms with Crippen LogP contribution in [0.3, 0.4) is 0 Å². The lowest BCUT2D eigenvalue weighted by atomic mass is 9.87. The van der Waals surface area contributed by atoms with Crippen LogP contribution in [0.15, 0.2) is 0 Å². The summed E-state index contributed by atoms with van der Waals surface area (Å²) in [5.41, 5.74) is 0. The van der Waals surface area contributed by atoms with Crippen molar-refractivity contribution in [3.63, 3.8) is 0 Å². The number of carbonyl (C=O) groups excluding carboxylic acids is 1. The third-order valence-electron chi connectivity index (χ3n) is 4.78. The number of aliphatic hydroxyl groups is 1. The molecular formula is C16H29NO3. The maximum absolute atomic E-state index is 11.4. The number of carbonyl (C=O) groups is 1. The molecule has 1 aliphatic carbocycles. The predicted octanol–water partition coefficient (Wildman–Crippen LogP) is 2.35. The first-order valence-corrected chi connectivity index (χ1v) is 8.28. The van der Waals surface area contributed by atoms with E-state index in [1.807, 2.05) is 6.92 Å². The van der Waals surface area contributed by atoms with E-state index in [1.54, 1.807) is 0 Å². The van der Waals surface area contributed by atoms with Gasteiger partial charge in [-0.3, -0.25) is 9.69 Å². The van der Waals surface area contributed by atoms with Crippen LogP contribution in [0.1, 0.15) is 58.3 Å². The van der Waals surface area contributed by atoms with Gasteiger partial charge in [0.2, 0.25) is 0 Å². The minimum atomic E-state index is -0.146. The average molecular weight is 283 g/mol. The van der Waals surface area contributed by atoms with Gasteiger partial charge in [-0.25, -0.2) is 0 Å². The number of hydrogen-bond acceptors (Lipinski definition) is 4. The number of ether oxygens (including phenoxy) is 1. The van der Waals surface area contributed by atoms with E-state index >= 15 is 0 Å². The van der Waals surface area contributed by atoms with Crippen LogP contribution < -0.4 is 0 Å². The summed E-state index contributed by atoms with van der Waals surface area (Å²) in [5, 5.41) is 10.2. The van der Waals surface area contributed by atoms with Gasteiger partial charge >= 0.3 is 5.97 Å². The van der Waals surface area contributed by atoms with Gasteiger partial charge in [0.15, 0.2) is 0 Å². The van der Waals surface area contributed by atoms with Crippen LogP contribution in [0.25, 0.3) is 0 Å². The monoisotopic (exact) mass is 283 g/mol. The smallest absolute Gasteiger partial charge is 0.305 e. The summed E-state index contributed by atoms with van der Waals surface area (Å²) in [7, 11) is 0. The van der Waals surface area contributed by atoms with Crippen LogP contribution in [0, 0.1) is 5.92 Å². The molecule has 0 aromatic carbocycles. The molecule has 3 unspecified atom stereocenters. The Bertz CT molecular complexity index is 308. The van der Waals surface area contributed by atoms with E-state index in [0.29, 0.717) is 25.0 Å². The average Bonchev–Trinajstić information content (AvgIpc) is 2.46. The van der Waals surface area contributed by atoms with Crippen LogP contribution >= 0.6 is 0 Å². The Morgan fingerprint density at radius 2 is 2.05 bits per heavy atom. The molecule has 2 aliphatic rings. The van der Waals surface area contributed by atoms with Crippen LogP contribution in [-0.2, 0) is 9.53 Å². The number of esters is 1. The van der Waals surface area contributed by atoms with Gasteiger partial charge in [-0.1, -0.05) is 12.8 Å². The third kappa shape index (κ3) is 4.45. The van der Waals surface area contributed by atoms with E-state index in [0.717, 1.165) is 38.8 Å². The highest BCUT2D eigenvalue weighted by Gasteiger charge is 2.32. The first-order valence-electron chi connectivity index (χ1n) is 8.28. The molecule has 1 heterocycles. The lowest BCUT2D eigenvalue weighted by molar-refractivity contribution is -0.143. The lowest BCUT2D eigenvalue weighted by Gasteiger charge is -2.42. The van der Waals surface area contributed by atoms with E-state index < -0.39 is 0 Å². The zero-order valence-electron chi connectivity index (χ0n) is 12.7. The fourth-order valence-corrected chi connectivity index (χ4v) is 3.71. The summed E-state index contributed by atoms with van der Waals surface area (Å²) < 4.78 is 5.00. The fraction of sp³-hybridized carbons (Fsp3) is 0.938. The third-order valence-corrected chi connectivity index (χ3v) is 4.78. The topological polar surface area (TPSA) is 49.8 Å². The Morgan fingerprint density at radius 1 is 1.25 bits per heavy atom.